The van der Waals surface area contributed by atoms with E-state index in [1.54, 1.807) is 17.2 Å². The van der Waals surface area contributed by atoms with Crippen molar-refractivity contribution in [3.63, 3.8) is 0 Å². The van der Waals surface area contributed by atoms with Crippen molar-refractivity contribution in [3.05, 3.63) is 54.2 Å². The second-order valence-electron chi connectivity index (χ2n) is 6.93. The summed E-state index contributed by atoms with van der Waals surface area (Å²) in [6.45, 7) is 2.07. The Balaban J connectivity index is 1.90. The van der Waals surface area contributed by atoms with Crippen molar-refractivity contribution in [2.24, 2.45) is 14.1 Å². The fourth-order valence-corrected chi connectivity index (χ4v) is 3.36. The lowest BCUT2D eigenvalue weighted by Gasteiger charge is -2.14. The number of pyridine rings is 1. The SMILES string of the molecule is Cc1cc2nc(-c3cncn3C)cc(Nc3cnn(C)c3)c2cc1CCC#N. The molecular weight excluding hydrogens is 350 g/mol. The summed E-state index contributed by atoms with van der Waals surface area (Å²) in [6.07, 6.45) is 8.54. The number of hydrogen-bond donors (Lipinski definition) is 1. The summed E-state index contributed by atoms with van der Waals surface area (Å²) in [4.78, 5) is 9.10. The van der Waals surface area contributed by atoms with Gasteiger partial charge in [0.25, 0.3) is 0 Å². The molecule has 0 amide bonds. The highest BCUT2D eigenvalue weighted by molar-refractivity contribution is 5.96. The van der Waals surface area contributed by atoms with Crippen LogP contribution >= 0.6 is 0 Å². The van der Waals surface area contributed by atoms with Gasteiger partial charge in [-0.1, -0.05) is 0 Å². The molecule has 140 valence electrons. The highest BCUT2D eigenvalue weighted by Gasteiger charge is 2.13. The van der Waals surface area contributed by atoms with Crippen molar-refractivity contribution in [1.29, 1.82) is 5.26 Å². The Kier molecular flexibility index (Phi) is 4.53. The third kappa shape index (κ3) is 3.32. The molecule has 1 aromatic carbocycles. The number of anilines is 2. The number of nitrogens with one attached hydrogen (secondary N) is 1. The summed E-state index contributed by atoms with van der Waals surface area (Å²) in [5, 5.41) is 17.7. The molecule has 0 saturated heterocycles. The van der Waals surface area contributed by atoms with Crippen molar-refractivity contribution < 1.29 is 0 Å². The van der Waals surface area contributed by atoms with Crippen molar-refractivity contribution in [2.45, 2.75) is 19.8 Å². The summed E-state index contributed by atoms with van der Waals surface area (Å²) < 4.78 is 3.71. The van der Waals surface area contributed by atoms with Crippen LogP contribution in [0.5, 0.6) is 0 Å². The molecule has 0 saturated carbocycles. The lowest BCUT2D eigenvalue weighted by molar-refractivity contribution is 0.768. The first-order chi connectivity index (χ1) is 13.5. The molecule has 0 radical (unpaired) electrons. The molecule has 28 heavy (non-hydrogen) atoms. The van der Waals surface area contributed by atoms with Crippen LogP contribution in [-0.4, -0.2) is 24.3 Å². The van der Waals surface area contributed by atoms with Crippen LogP contribution < -0.4 is 5.32 Å². The lowest BCUT2D eigenvalue weighted by atomic mass is 9.99. The van der Waals surface area contributed by atoms with Gasteiger partial charge in [0.1, 0.15) is 0 Å². The van der Waals surface area contributed by atoms with E-state index in [9.17, 15) is 0 Å². The van der Waals surface area contributed by atoms with Crippen LogP contribution in [0.3, 0.4) is 0 Å². The van der Waals surface area contributed by atoms with Gasteiger partial charge in [0, 0.05) is 32.1 Å². The van der Waals surface area contributed by atoms with Gasteiger partial charge in [0.05, 0.1) is 53.1 Å². The number of aryl methyl sites for hydroxylation is 4. The minimum Gasteiger partial charge on any atom is -0.352 e. The Hall–Kier alpha value is -3.66. The van der Waals surface area contributed by atoms with Crippen LogP contribution in [0.25, 0.3) is 22.3 Å². The van der Waals surface area contributed by atoms with Gasteiger partial charge in [-0.05, 0) is 42.7 Å². The molecule has 0 spiro atoms. The highest BCUT2D eigenvalue weighted by Crippen LogP contribution is 2.32. The second kappa shape index (κ2) is 7.16. The van der Waals surface area contributed by atoms with E-state index >= 15 is 0 Å². The number of benzene rings is 1. The fourth-order valence-electron chi connectivity index (χ4n) is 3.36. The maximum Gasteiger partial charge on any atom is 0.0948 e. The maximum absolute atomic E-state index is 8.96. The molecule has 0 unspecified atom stereocenters. The third-order valence-corrected chi connectivity index (χ3v) is 4.84. The zero-order valence-corrected chi connectivity index (χ0v) is 16.1. The molecular formula is C21H21N7. The third-order valence-electron chi connectivity index (χ3n) is 4.84. The van der Waals surface area contributed by atoms with Crippen LogP contribution in [0.1, 0.15) is 17.5 Å². The van der Waals surface area contributed by atoms with Gasteiger partial charge in [0.2, 0.25) is 0 Å². The first-order valence-corrected chi connectivity index (χ1v) is 9.09. The summed E-state index contributed by atoms with van der Waals surface area (Å²) >= 11 is 0. The minimum atomic E-state index is 0.498. The Morgan fingerprint density at radius 2 is 2.04 bits per heavy atom. The second-order valence-corrected chi connectivity index (χ2v) is 6.93. The first-order valence-electron chi connectivity index (χ1n) is 9.09. The monoisotopic (exact) mass is 371 g/mol. The molecule has 3 aromatic heterocycles. The van der Waals surface area contributed by atoms with Crippen LogP contribution in [-0.2, 0) is 20.5 Å². The van der Waals surface area contributed by atoms with Crippen LogP contribution in [0, 0.1) is 18.3 Å². The molecule has 0 atom stereocenters. The molecule has 0 bridgehead atoms. The zero-order valence-electron chi connectivity index (χ0n) is 16.1. The standard InChI is InChI=1S/C21H21N7/c1-14-7-18-17(8-15(14)5-4-6-22)19(25-16-10-24-28(3)12-16)9-20(26-18)21-11-23-13-27(21)2/h7-13H,4-5H2,1-3H3,(H,25,26). The molecule has 1 N–H and O–H groups in total. The Morgan fingerprint density at radius 3 is 2.71 bits per heavy atom. The Labute approximate surface area is 163 Å². The summed E-state index contributed by atoms with van der Waals surface area (Å²) in [5.74, 6) is 0. The van der Waals surface area contributed by atoms with Gasteiger partial charge in [-0.15, -0.1) is 0 Å². The smallest absolute Gasteiger partial charge is 0.0948 e. The van der Waals surface area contributed by atoms with Crippen LogP contribution in [0.15, 0.2) is 43.1 Å². The van der Waals surface area contributed by atoms with Crippen molar-refractivity contribution in [1.82, 2.24) is 24.3 Å². The highest BCUT2D eigenvalue weighted by atomic mass is 15.3. The van der Waals surface area contributed by atoms with E-state index in [2.05, 4.69) is 40.5 Å². The average molecular weight is 371 g/mol. The molecule has 0 aliphatic rings. The van der Waals surface area contributed by atoms with Gasteiger partial charge >= 0.3 is 0 Å². The van der Waals surface area contributed by atoms with E-state index in [4.69, 9.17) is 10.2 Å². The van der Waals surface area contributed by atoms with Crippen LogP contribution in [0.2, 0.25) is 0 Å². The Bertz CT molecular complexity index is 1190. The molecule has 0 aliphatic carbocycles. The van der Waals surface area contributed by atoms with E-state index in [-0.39, 0.29) is 0 Å². The number of hydrogen-bond acceptors (Lipinski definition) is 5. The van der Waals surface area contributed by atoms with Crippen LogP contribution in [0.4, 0.5) is 11.4 Å². The molecule has 4 rings (SSSR count). The van der Waals surface area contributed by atoms with Crippen molar-refractivity contribution in [2.75, 3.05) is 5.32 Å². The van der Waals surface area contributed by atoms with E-state index < -0.39 is 0 Å². The zero-order chi connectivity index (χ0) is 19.7. The van der Waals surface area contributed by atoms with Gasteiger partial charge in [-0.25, -0.2) is 9.97 Å². The van der Waals surface area contributed by atoms with Gasteiger partial charge in [-0.2, -0.15) is 10.4 Å². The average Bonchev–Trinajstić information content (AvgIpc) is 3.28. The van der Waals surface area contributed by atoms with Crippen molar-refractivity contribution in [3.8, 4) is 17.5 Å². The summed E-state index contributed by atoms with van der Waals surface area (Å²) in [6, 6.07) is 8.50. The van der Waals surface area contributed by atoms with E-state index in [0.717, 1.165) is 45.6 Å². The number of aromatic nitrogens is 5. The van der Waals surface area contributed by atoms with E-state index in [1.165, 1.54) is 5.56 Å². The molecule has 7 nitrogen and oxygen atoms in total. The number of nitrogens with zero attached hydrogens (tertiary/aromatic N) is 6. The molecule has 4 aromatic rings. The predicted molar refractivity (Wildman–Crippen MR) is 109 cm³/mol. The van der Waals surface area contributed by atoms with Gasteiger partial charge in [0.15, 0.2) is 0 Å². The maximum atomic E-state index is 8.96. The molecule has 7 heteroatoms. The van der Waals surface area contributed by atoms with Gasteiger partial charge < -0.3 is 9.88 Å². The number of imidazole rings is 1. The quantitative estimate of drug-likeness (QED) is 0.575. The first kappa shape index (κ1) is 17.7. The Morgan fingerprint density at radius 1 is 1.18 bits per heavy atom. The largest absolute Gasteiger partial charge is 0.352 e. The fraction of sp³-hybridized carbons (Fsp3) is 0.238. The van der Waals surface area contributed by atoms with Crippen molar-refractivity contribution >= 4 is 22.3 Å². The molecule has 0 fully saturated rings. The number of fused-ring (bicyclic) bond motifs is 1. The van der Waals surface area contributed by atoms with E-state index in [0.29, 0.717) is 6.42 Å². The van der Waals surface area contributed by atoms with Gasteiger partial charge in [-0.3, -0.25) is 4.68 Å². The topological polar surface area (TPSA) is 84.3 Å². The normalized spacial score (nSPS) is 10.9. The summed E-state index contributed by atoms with van der Waals surface area (Å²) in [5.41, 5.74) is 6.87. The predicted octanol–water partition coefficient (Wildman–Crippen LogP) is 3.88. The number of rotatable bonds is 5. The minimum absolute atomic E-state index is 0.498. The lowest BCUT2D eigenvalue weighted by Crippen LogP contribution is -1.99. The molecule has 0 aliphatic heterocycles. The summed E-state index contributed by atoms with van der Waals surface area (Å²) in [7, 11) is 3.85. The number of nitriles is 1. The molecule has 3 heterocycles. The van der Waals surface area contributed by atoms with E-state index in [1.807, 2.05) is 37.1 Å².